The van der Waals surface area contributed by atoms with Gasteiger partial charge in [0.1, 0.15) is 0 Å². The molecule has 104 valence electrons. The number of hydrogen-bond acceptors (Lipinski definition) is 1. The Hall–Kier alpha value is -0.790. The van der Waals surface area contributed by atoms with Crippen LogP contribution in [-0.4, -0.2) is 11.4 Å². The van der Waals surface area contributed by atoms with Crippen LogP contribution in [0, 0.1) is 16.7 Å². The molecule has 2 unspecified atom stereocenters. The van der Waals surface area contributed by atoms with Gasteiger partial charge in [-0.05, 0) is 51.4 Å². The molecule has 1 saturated carbocycles. The number of carbonyl (C=O) groups is 1. The zero-order valence-corrected chi connectivity index (χ0v) is 12.9. The maximum Gasteiger partial charge on any atom is 0.226 e. The molecule has 0 aromatic carbocycles. The third-order valence-corrected chi connectivity index (χ3v) is 4.63. The van der Waals surface area contributed by atoms with Crippen molar-refractivity contribution < 1.29 is 4.79 Å². The first-order valence-corrected chi connectivity index (χ1v) is 6.97. The Kier molecular flexibility index (Phi) is 4.00. The Morgan fingerprint density at radius 3 is 2.33 bits per heavy atom. The zero-order chi connectivity index (χ0) is 14.2. The van der Waals surface area contributed by atoms with E-state index in [0.29, 0.717) is 5.92 Å². The van der Waals surface area contributed by atoms with E-state index in [1.54, 1.807) is 0 Å². The molecule has 1 rings (SSSR count). The fourth-order valence-electron chi connectivity index (χ4n) is 2.80. The van der Waals surface area contributed by atoms with Gasteiger partial charge in [0.05, 0.1) is 5.41 Å². The molecule has 0 saturated heterocycles. The zero-order valence-electron chi connectivity index (χ0n) is 12.9. The molecular formula is C16H29NO. The van der Waals surface area contributed by atoms with E-state index in [1.807, 2.05) is 26.8 Å². The van der Waals surface area contributed by atoms with E-state index >= 15 is 0 Å². The second-order valence-electron chi connectivity index (χ2n) is 7.66. The lowest BCUT2D eigenvalue weighted by molar-refractivity contribution is -0.143. The Morgan fingerprint density at radius 2 is 1.89 bits per heavy atom. The van der Waals surface area contributed by atoms with Crippen molar-refractivity contribution in [2.45, 2.75) is 66.3 Å². The molecule has 0 radical (unpaired) electrons. The van der Waals surface area contributed by atoms with Crippen molar-refractivity contribution in [1.29, 1.82) is 0 Å². The molecular weight excluding hydrogens is 222 g/mol. The molecule has 1 aliphatic carbocycles. The van der Waals surface area contributed by atoms with Crippen LogP contribution in [0.25, 0.3) is 0 Å². The first-order valence-electron chi connectivity index (χ1n) is 6.97. The molecule has 1 fully saturated rings. The molecule has 0 aliphatic heterocycles. The van der Waals surface area contributed by atoms with Crippen LogP contribution >= 0.6 is 0 Å². The van der Waals surface area contributed by atoms with Gasteiger partial charge in [0.15, 0.2) is 0 Å². The third-order valence-electron chi connectivity index (χ3n) is 4.63. The summed E-state index contributed by atoms with van der Waals surface area (Å²) in [5, 5.41) is 3.16. The fraction of sp³-hybridized carbons (Fsp3) is 0.812. The number of carbonyl (C=O) groups excluding carboxylic acids is 1. The average Bonchev–Trinajstić information content (AvgIpc) is 2.19. The molecule has 0 bridgehead atoms. The van der Waals surface area contributed by atoms with Gasteiger partial charge in [-0.3, -0.25) is 4.79 Å². The summed E-state index contributed by atoms with van der Waals surface area (Å²) in [6, 6.07) is 0. The van der Waals surface area contributed by atoms with E-state index in [4.69, 9.17) is 0 Å². The first kappa shape index (κ1) is 15.3. The number of hydrogen-bond donors (Lipinski definition) is 1. The minimum absolute atomic E-state index is 0.0435. The van der Waals surface area contributed by atoms with E-state index in [-0.39, 0.29) is 22.3 Å². The lowest BCUT2D eigenvalue weighted by Crippen LogP contribution is -2.55. The first-order chi connectivity index (χ1) is 8.02. The van der Waals surface area contributed by atoms with Gasteiger partial charge in [0.2, 0.25) is 5.91 Å². The highest BCUT2D eigenvalue weighted by atomic mass is 16.2. The lowest BCUT2D eigenvalue weighted by Gasteiger charge is -2.49. The SMILES string of the molecule is C=CC1CCC(C)(C)C(C)(C(=O)NC(C)(C)C)C1. The molecule has 2 nitrogen and oxygen atoms in total. The second kappa shape index (κ2) is 4.71. The lowest BCUT2D eigenvalue weighted by atomic mass is 9.55. The summed E-state index contributed by atoms with van der Waals surface area (Å²) in [6.45, 7) is 16.6. The van der Waals surface area contributed by atoms with Crippen LogP contribution in [0.3, 0.4) is 0 Å². The minimum Gasteiger partial charge on any atom is -0.351 e. The summed E-state index contributed by atoms with van der Waals surface area (Å²) in [6.07, 6.45) is 5.15. The summed E-state index contributed by atoms with van der Waals surface area (Å²) in [4.78, 5) is 12.7. The van der Waals surface area contributed by atoms with Gasteiger partial charge >= 0.3 is 0 Å². The molecule has 2 atom stereocenters. The topological polar surface area (TPSA) is 29.1 Å². The van der Waals surface area contributed by atoms with Crippen LogP contribution in [0.2, 0.25) is 0 Å². The summed E-state index contributed by atoms with van der Waals surface area (Å²) in [5.74, 6) is 0.653. The highest BCUT2D eigenvalue weighted by molar-refractivity contribution is 5.84. The molecule has 0 spiro atoms. The summed E-state index contributed by atoms with van der Waals surface area (Å²) in [5.41, 5.74) is -0.434. The van der Waals surface area contributed by atoms with Crippen LogP contribution in [0.1, 0.15) is 60.8 Å². The number of amides is 1. The van der Waals surface area contributed by atoms with E-state index in [0.717, 1.165) is 19.3 Å². The van der Waals surface area contributed by atoms with Crippen molar-refractivity contribution in [1.82, 2.24) is 5.32 Å². The molecule has 18 heavy (non-hydrogen) atoms. The fourth-order valence-corrected chi connectivity index (χ4v) is 2.80. The van der Waals surface area contributed by atoms with Gasteiger partial charge in [-0.15, -0.1) is 6.58 Å². The monoisotopic (exact) mass is 251 g/mol. The number of rotatable bonds is 2. The Labute approximate surface area is 112 Å². The maximum atomic E-state index is 12.7. The van der Waals surface area contributed by atoms with Crippen molar-refractivity contribution >= 4 is 5.91 Å². The van der Waals surface area contributed by atoms with Crippen LogP contribution in [0.15, 0.2) is 12.7 Å². The van der Waals surface area contributed by atoms with Crippen LogP contribution in [-0.2, 0) is 4.79 Å². The van der Waals surface area contributed by atoms with Crippen molar-refractivity contribution in [3.05, 3.63) is 12.7 Å². The van der Waals surface area contributed by atoms with Crippen LogP contribution in [0.5, 0.6) is 0 Å². The largest absolute Gasteiger partial charge is 0.351 e. The highest BCUT2D eigenvalue weighted by Gasteiger charge is 2.50. The van der Waals surface area contributed by atoms with E-state index in [1.165, 1.54) is 0 Å². The third kappa shape index (κ3) is 2.96. The molecule has 1 amide bonds. The second-order valence-corrected chi connectivity index (χ2v) is 7.66. The highest BCUT2D eigenvalue weighted by Crippen LogP contribution is 2.52. The smallest absolute Gasteiger partial charge is 0.226 e. The van der Waals surface area contributed by atoms with Gasteiger partial charge in [-0.25, -0.2) is 0 Å². The average molecular weight is 251 g/mol. The van der Waals surface area contributed by atoms with Gasteiger partial charge < -0.3 is 5.32 Å². The molecule has 1 N–H and O–H groups in total. The summed E-state index contributed by atoms with van der Waals surface area (Å²) in [7, 11) is 0. The molecule has 2 heteroatoms. The van der Waals surface area contributed by atoms with Crippen molar-refractivity contribution in [3.8, 4) is 0 Å². The standard InChI is InChI=1S/C16H29NO/c1-8-12-9-10-15(5,6)16(7,11-12)13(18)17-14(2,3)4/h8,12H,1,9-11H2,2-7H3,(H,17,18). The summed E-state index contributed by atoms with van der Waals surface area (Å²) < 4.78 is 0. The van der Waals surface area contributed by atoms with Crippen LogP contribution in [0.4, 0.5) is 0 Å². The van der Waals surface area contributed by atoms with E-state index < -0.39 is 0 Å². The Balaban J connectivity index is 2.98. The molecule has 0 aromatic rings. The molecule has 0 heterocycles. The summed E-state index contributed by atoms with van der Waals surface area (Å²) >= 11 is 0. The van der Waals surface area contributed by atoms with Crippen LogP contribution < -0.4 is 5.32 Å². The van der Waals surface area contributed by atoms with Crippen molar-refractivity contribution in [3.63, 3.8) is 0 Å². The normalized spacial score (nSPS) is 31.8. The minimum atomic E-state index is -0.308. The quantitative estimate of drug-likeness (QED) is 0.740. The number of allylic oxidation sites excluding steroid dienone is 1. The molecule has 0 aromatic heterocycles. The Bertz CT molecular complexity index is 337. The predicted molar refractivity (Wildman–Crippen MR) is 77.3 cm³/mol. The van der Waals surface area contributed by atoms with E-state index in [9.17, 15) is 4.79 Å². The van der Waals surface area contributed by atoms with Gasteiger partial charge in [-0.1, -0.05) is 26.8 Å². The van der Waals surface area contributed by atoms with Gasteiger partial charge in [0, 0.05) is 5.54 Å². The predicted octanol–water partition coefficient (Wildman–Crippen LogP) is 3.92. The van der Waals surface area contributed by atoms with Crippen molar-refractivity contribution in [2.75, 3.05) is 0 Å². The molecule has 1 aliphatic rings. The van der Waals surface area contributed by atoms with Gasteiger partial charge in [0.25, 0.3) is 0 Å². The Morgan fingerprint density at radius 1 is 1.33 bits per heavy atom. The van der Waals surface area contributed by atoms with E-state index in [2.05, 4.69) is 32.7 Å². The van der Waals surface area contributed by atoms with Crippen molar-refractivity contribution in [2.24, 2.45) is 16.7 Å². The van der Waals surface area contributed by atoms with Gasteiger partial charge in [-0.2, -0.15) is 0 Å². The number of nitrogens with one attached hydrogen (secondary N) is 1. The maximum absolute atomic E-state index is 12.7.